The van der Waals surface area contributed by atoms with Crippen molar-refractivity contribution in [2.24, 2.45) is 0 Å². The normalized spacial score (nSPS) is 17.0. The van der Waals surface area contributed by atoms with Crippen molar-refractivity contribution in [1.29, 1.82) is 10.5 Å². The summed E-state index contributed by atoms with van der Waals surface area (Å²) in [6, 6.07) is 18.6. The van der Waals surface area contributed by atoms with E-state index in [0.717, 1.165) is 35.1 Å². The Balaban J connectivity index is 1.81. The zero-order valence-corrected chi connectivity index (χ0v) is 13.0. The average Bonchev–Trinajstić information content (AvgIpc) is 2.96. The number of benzene rings is 2. The number of Topliss-reactive ketones (excluding diaryl/α,β-unsaturated/α-hetero) is 1. The fourth-order valence-corrected chi connectivity index (χ4v) is 2.69. The summed E-state index contributed by atoms with van der Waals surface area (Å²) in [7, 11) is 0. The summed E-state index contributed by atoms with van der Waals surface area (Å²) in [5, 5.41) is 17.6. The Kier molecular flexibility index (Phi) is 4.36. The Hall–Kier alpha value is -3.43. The van der Waals surface area contributed by atoms with Gasteiger partial charge >= 0.3 is 0 Å². The average molecular weight is 310 g/mol. The van der Waals surface area contributed by atoms with E-state index in [4.69, 9.17) is 10.5 Å². The molecule has 0 unspecified atom stereocenters. The molecule has 0 amide bonds. The van der Waals surface area contributed by atoms with Crippen molar-refractivity contribution in [1.82, 2.24) is 0 Å². The smallest absolute Gasteiger partial charge is 0.185 e. The van der Waals surface area contributed by atoms with Crippen molar-refractivity contribution in [2.75, 3.05) is 0 Å². The van der Waals surface area contributed by atoms with Crippen LogP contribution in [0.25, 0.3) is 12.2 Å². The minimum absolute atomic E-state index is 0.0729. The summed E-state index contributed by atoms with van der Waals surface area (Å²) in [6.07, 6.45) is 5.23. The molecule has 0 radical (unpaired) electrons. The second kappa shape index (κ2) is 6.77. The molecule has 0 bridgehead atoms. The van der Waals surface area contributed by atoms with Crippen molar-refractivity contribution >= 4 is 17.9 Å². The molecule has 0 aromatic heterocycles. The molecule has 0 spiro atoms. The SMILES string of the molecule is N#Cc1ccc(/C=C2/CC/C(=C\c3ccc(C#N)cc3)C2=O)cc1. The molecular formula is C21H14N2O. The van der Waals surface area contributed by atoms with Crippen molar-refractivity contribution in [3.8, 4) is 12.1 Å². The monoisotopic (exact) mass is 310 g/mol. The Morgan fingerprint density at radius 3 is 1.42 bits per heavy atom. The van der Waals surface area contributed by atoms with Crippen LogP contribution in [-0.2, 0) is 4.79 Å². The van der Waals surface area contributed by atoms with Gasteiger partial charge in [-0.05, 0) is 60.4 Å². The number of hydrogen-bond acceptors (Lipinski definition) is 3. The van der Waals surface area contributed by atoms with E-state index in [1.807, 2.05) is 36.4 Å². The molecule has 1 fully saturated rings. The summed E-state index contributed by atoms with van der Waals surface area (Å²) >= 11 is 0. The first-order valence-electron chi connectivity index (χ1n) is 7.66. The third-order valence-electron chi connectivity index (χ3n) is 4.01. The van der Waals surface area contributed by atoms with E-state index in [0.29, 0.717) is 11.1 Å². The van der Waals surface area contributed by atoms with E-state index < -0.39 is 0 Å². The minimum atomic E-state index is 0.0729. The maximum Gasteiger partial charge on any atom is 0.185 e. The van der Waals surface area contributed by atoms with Crippen LogP contribution >= 0.6 is 0 Å². The van der Waals surface area contributed by atoms with Crippen LogP contribution in [0.4, 0.5) is 0 Å². The van der Waals surface area contributed by atoms with Crippen molar-refractivity contribution < 1.29 is 4.79 Å². The van der Waals surface area contributed by atoms with Gasteiger partial charge in [-0.2, -0.15) is 10.5 Å². The lowest BCUT2D eigenvalue weighted by molar-refractivity contribution is -0.111. The van der Waals surface area contributed by atoms with E-state index in [9.17, 15) is 4.79 Å². The van der Waals surface area contributed by atoms with Crippen molar-refractivity contribution in [2.45, 2.75) is 12.8 Å². The molecule has 0 aliphatic heterocycles. The Morgan fingerprint density at radius 2 is 1.08 bits per heavy atom. The summed E-state index contributed by atoms with van der Waals surface area (Å²) < 4.78 is 0. The quantitative estimate of drug-likeness (QED) is 0.778. The van der Waals surface area contributed by atoms with Gasteiger partial charge in [0.2, 0.25) is 0 Å². The predicted molar refractivity (Wildman–Crippen MR) is 92.5 cm³/mol. The lowest BCUT2D eigenvalue weighted by Crippen LogP contribution is -1.95. The molecule has 2 aromatic rings. The van der Waals surface area contributed by atoms with Gasteiger partial charge in [-0.1, -0.05) is 24.3 Å². The van der Waals surface area contributed by atoms with Crippen LogP contribution in [0.1, 0.15) is 35.1 Å². The van der Waals surface area contributed by atoms with Crippen LogP contribution in [0.3, 0.4) is 0 Å². The van der Waals surface area contributed by atoms with Gasteiger partial charge in [-0.15, -0.1) is 0 Å². The van der Waals surface area contributed by atoms with E-state index in [2.05, 4.69) is 12.1 Å². The topological polar surface area (TPSA) is 64.7 Å². The molecule has 114 valence electrons. The lowest BCUT2D eigenvalue weighted by atomic mass is 10.1. The minimum Gasteiger partial charge on any atom is -0.289 e. The molecule has 3 nitrogen and oxygen atoms in total. The van der Waals surface area contributed by atoms with Crippen LogP contribution in [0.2, 0.25) is 0 Å². The van der Waals surface area contributed by atoms with E-state index in [1.165, 1.54) is 0 Å². The number of hydrogen-bond donors (Lipinski definition) is 0. The number of nitriles is 2. The lowest BCUT2D eigenvalue weighted by Gasteiger charge is -1.98. The number of carbonyl (C=O) groups is 1. The van der Waals surface area contributed by atoms with Gasteiger partial charge in [-0.3, -0.25) is 4.79 Å². The van der Waals surface area contributed by atoms with Crippen molar-refractivity contribution in [3.63, 3.8) is 0 Å². The molecule has 24 heavy (non-hydrogen) atoms. The second-order valence-electron chi connectivity index (χ2n) is 5.64. The third kappa shape index (κ3) is 3.32. The first-order valence-corrected chi connectivity index (χ1v) is 7.66. The highest BCUT2D eigenvalue weighted by Gasteiger charge is 2.22. The van der Waals surface area contributed by atoms with Gasteiger partial charge in [0.1, 0.15) is 0 Å². The van der Waals surface area contributed by atoms with Gasteiger partial charge < -0.3 is 0 Å². The number of rotatable bonds is 2. The van der Waals surface area contributed by atoms with Gasteiger partial charge in [0.25, 0.3) is 0 Å². The maximum absolute atomic E-state index is 12.5. The zero-order chi connectivity index (χ0) is 16.9. The van der Waals surface area contributed by atoms with Gasteiger partial charge in [0.15, 0.2) is 5.78 Å². The van der Waals surface area contributed by atoms with E-state index in [1.54, 1.807) is 24.3 Å². The van der Waals surface area contributed by atoms with Crippen LogP contribution < -0.4 is 0 Å². The van der Waals surface area contributed by atoms with Gasteiger partial charge in [0.05, 0.1) is 23.3 Å². The summed E-state index contributed by atoms with van der Waals surface area (Å²) in [4.78, 5) is 12.5. The van der Waals surface area contributed by atoms with Crippen LogP contribution in [0, 0.1) is 22.7 Å². The molecule has 3 heteroatoms. The second-order valence-corrected chi connectivity index (χ2v) is 5.64. The molecule has 1 aliphatic carbocycles. The summed E-state index contributed by atoms with van der Waals surface area (Å²) in [5.41, 5.74) is 4.65. The molecule has 1 aliphatic rings. The standard InChI is InChI=1S/C21H14N2O/c22-13-17-5-1-15(2-6-17)11-19-9-10-20(21(19)24)12-16-3-7-18(14-23)8-4-16/h1-8,11-12H,9-10H2/b19-11-,20-12+. The third-order valence-corrected chi connectivity index (χ3v) is 4.01. The fourth-order valence-electron chi connectivity index (χ4n) is 2.69. The van der Waals surface area contributed by atoms with E-state index >= 15 is 0 Å². The largest absolute Gasteiger partial charge is 0.289 e. The molecule has 2 aromatic carbocycles. The molecule has 0 atom stereocenters. The Morgan fingerprint density at radius 1 is 0.708 bits per heavy atom. The first kappa shape index (κ1) is 15.5. The maximum atomic E-state index is 12.5. The number of allylic oxidation sites excluding steroid dienone is 2. The van der Waals surface area contributed by atoms with Crippen molar-refractivity contribution in [3.05, 3.63) is 81.9 Å². The Labute approximate surface area is 140 Å². The summed E-state index contributed by atoms with van der Waals surface area (Å²) in [6.45, 7) is 0. The molecule has 0 N–H and O–H groups in total. The highest BCUT2D eigenvalue weighted by atomic mass is 16.1. The number of carbonyl (C=O) groups excluding carboxylic acids is 1. The van der Waals surface area contributed by atoms with Crippen LogP contribution in [0.15, 0.2) is 59.7 Å². The van der Waals surface area contributed by atoms with Crippen LogP contribution in [0.5, 0.6) is 0 Å². The molecular weight excluding hydrogens is 296 g/mol. The molecule has 1 saturated carbocycles. The van der Waals surface area contributed by atoms with E-state index in [-0.39, 0.29) is 5.78 Å². The summed E-state index contributed by atoms with van der Waals surface area (Å²) in [5.74, 6) is 0.0729. The van der Waals surface area contributed by atoms with Gasteiger partial charge in [-0.25, -0.2) is 0 Å². The highest BCUT2D eigenvalue weighted by Crippen LogP contribution is 2.29. The zero-order valence-electron chi connectivity index (χ0n) is 13.0. The van der Waals surface area contributed by atoms with Crippen LogP contribution in [-0.4, -0.2) is 5.78 Å². The first-order chi connectivity index (χ1) is 11.7. The highest BCUT2D eigenvalue weighted by molar-refractivity contribution is 6.15. The predicted octanol–water partition coefficient (Wildman–Crippen LogP) is 4.26. The fraction of sp³-hybridized carbons (Fsp3) is 0.0952. The van der Waals surface area contributed by atoms with Gasteiger partial charge in [0, 0.05) is 11.1 Å². The number of nitrogens with zero attached hydrogens (tertiary/aromatic N) is 2. The molecule has 0 saturated heterocycles. The molecule has 0 heterocycles. The number of ketones is 1. The Bertz CT molecular complexity index is 840. The molecule has 3 rings (SSSR count).